The van der Waals surface area contributed by atoms with Crippen molar-refractivity contribution in [2.75, 3.05) is 19.6 Å². The zero-order chi connectivity index (χ0) is 14.9. The van der Waals surface area contributed by atoms with Crippen LogP contribution in [-0.4, -0.2) is 36.2 Å². The molecule has 1 aliphatic heterocycles. The monoisotopic (exact) mass is 284 g/mol. The average molecular weight is 284 g/mol. The number of benzene rings is 1. The Morgan fingerprint density at radius 3 is 2.75 bits per heavy atom. The summed E-state index contributed by atoms with van der Waals surface area (Å²) in [5.74, 6) is -1.17. The molecule has 0 aliphatic carbocycles. The molecule has 20 heavy (non-hydrogen) atoms. The number of hydrogen-bond acceptors (Lipinski definition) is 3. The first kappa shape index (κ1) is 15.4. The number of halogens is 2. The Labute approximate surface area is 118 Å². The van der Waals surface area contributed by atoms with E-state index in [4.69, 9.17) is 10.5 Å². The molecular formula is C15H22F2N2O. The first-order chi connectivity index (χ1) is 9.27. The highest BCUT2D eigenvalue weighted by Crippen LogP contribution is 2.23. The minimum Gasteiger partial charge on any atom is -0.370 e. The molecule has 3 nitrogen and oxygen atoms in total. The van der Waals surface area contributed by atoms with Gasteiger partial charge in [-0.15, -0.1) is 0 Å². The summed E-state index contributed by atoms with van der Waals surface area (Å²) in [6.07, 6.45) is 0.115. The zero-order valence-electron chi connectivity index (χ0n) is 12.2. The summed E-state index contributed by atoms with van der Waals surface area (Å²) in [4.78, 5) is 2.17. The standard InChI is InChI=1S/C15H22F2N2O/c1-10-7-19(9-15(2,3)20-10)8-14(18)12-5-4-11(16)6-13(12)17/h4-6,10,14H,7-9,18H2,1-3H3. The molecule has 1 aromatic carbocycles. The van der Waals surface area contributed by atoms with Crippen molar-refractivity contribution in [3.8, 4) is 0 Å². The van der Waals surface area contributed by atoms with Gasteiger partial charge in [-0.3, -0.25) is 4.90 Å². The molecule has 112 valence electrons. The molecule has 1 saturated heterocycles. The van der Waals surface area contributed by atoms with Crippen LogP contribution in [0.5, 0.6) is 0 Å². The molecule has 2 rings (SSSR count). The summed E-state index contributed by atoms with van der Waals surface area (Å²) >= 11 is 0. The molecule has 1 aliphatic rings. The van der Waals surface area contributed by atoms with Gasteiger partial charge in [-0.2, -0.15) is 0 Å². The lowest BCUT2D eigenvalue weighted by Crippen LogP contribution is -2.53. The Kier molecular flexibility index (Phi) is 4.42. The van der Waals surface area contributed by atoms with Gasteiger partial charge >= 0.3 is 0 Å². The summed E-state index contributed by atoms with van der Waals surface area (Å²) in [7, 11) is 0. The van der Waals surface area contributed by atoms with Crippen molar-refractivity contribution in [3.05, 3.63) is 35.4 Å². The highest BCUT2D eigenvalue weighted by molar-refractivity contribution is 5.22. The molecule has 0 amide bonds. The third-order valence-electron chi connectivity index (χ3n) is 3.46. The number of rotatable bonds is 3. The second-order valence-electron chi connectivity index (χ2n) is 6.15. The van der Waals surface area contributed by atoms with Gasteiger partial charge in [0.05, 0.1) is 11.7 Å². The van der Waals surface area contributed by atoms with Crippen molar-refractivity contribution in [1.82, 2.24) is 4.90 Å². The lowest BCUT2D eigenvalue weighted by molar-refractivity contribution is -0.129. The maximum Gasteiger partial charge on any atom is 0.130 e. The van der Waals surface area contributed by atoms with Crippen molar-refractivity contribution < 1.29 is 13.5 Å². The van der Waals surface area contributed by atoms with Gasteiger partial charge in [0.15, 0.2) is 0 Å². The molecule has 0 bridgehead atoms. The molecule has 5 heteroatoms. The van der Waals surface area contributed by atoms with Gasteiger partial charge in [0.1, 0.15) is 11.6 Å². The summed E-state index contributed by atoms with van der Waals surface area (Å²) in [6, 6.07) is 3.06. The fourth-order valence-electron chi connectivity index (χ4n) is 2.90. The summed E-state index contributed by atoms with van der Waals surface area (Å²) in [5, 5.41) is 0. The average Bonchev–Trinajstić information content (AvgIpc) is 2.25. The van der Waals surface area contributed by atoms with Gasteiger partial charge in [-0.1, -0.05) is 6.07 Å². The largest absolute Gasteiger partial charge is 0.370 e. The van der Waals surface area contributed by atoms with E-state index in [0.717, 1.165) is 19.2 Å². The summed E-state index contributed by atoms with van der Waals surface area (Å²) < 4.78 is 32.5. The van der Waals surface area contributed by atoms with Crippen LogP contribution >= 0.6 is 0 Å². The Bertz CT molecular complexity index is 479. The third kappa shape index (κ3) is 3.75. The second kappa shape index (κ2) is 5.76. The SMILES string of the molecule is CC1CN(CC(N)c2ccc(F)cc2F)CC(C)(C)O1. The zero-order valence-corrected chi connectivity index (χ0v) is 12.2. The van der Waals surface area contributed by atoms with Crippen LogP contribution in [0.15, 0.2) is 18.2 Å². The van der Waals surface area contributed by atoms with Crippen molar-refractivity contribution in [3.63, 3.8) is 0 Å². The fraction of sp³-hybridized carbons (Fsp3) is 0.600. The van der Waals surface area contributed by atoms with Crippen LogP contribution in [0.1, 0.15) is 32.4 Å². The van der Waals surface area contributed by atoms with Crippen LogP contribution in [0.3, 0.4) is 0 Å². The van der Waals surface area contributed by atoms with Crippen molar-refractivity contribution in [1.29, 1.82) is 0 Å². The van der Waals surface area contributed by atoms with E-state index in [9.17, 15) is 8.78 Å². The molecule has 0 spiro atoms. The molecule has 0 radical (unpaired) electrons. The molecule has 2 atom stereocenters. The Morgan fingerprint density at radius 2 is 2.15 bits per heavy atom. The van der Waals surface area contributed by atoms with E-state index in [1.54, 1.807) is 0 Å². The molecule has 1 aromatic rings. The van der Waals surface area contributed by atoms with Crippen LogP contribution in [0.4, 0.5) is 8.78 Å². The van der Waals surface area contributed by atoms with Crippen LogP contribution in [0.2, 0.25) is 0 Å². The van der Waals surface area contributed by atoms with E-state index in [1.165, 1.54) is 12.1 Å². The maximum absolute atomic E-state index is 13.7. The predicted molar refractivity (Wildman–Crippen MR) is 74.4 cm³/mol. The van der Waals surface area contributed by atoms with Gasteiger partial charge in [0, 0.05) is 37.3 Å². The summed E-state index contributed by atoms with van der Waals surface area (Å²) in [5.41, 5.74) is 6.18. The third-order valence-corrected chi connectivity index (χ3v) is 3.46. The van der Waals surface area contributed by atoms with E-state index in [-0.39, 0.29) is 11.7 Å². The van der Waals surface area contributed by atoms with Gasteiger partial charge in [-0.25, -0.2) is 8.78 Å². The predicted octanol–water partition coefficient (Wildman–Crippen LogP) is 2.46. The molecular weight excluding hydrogens is 262 g/mol. The molecule has 0 aromatic heterocycles. The molecule has 1 fully saturated rings. The van der Waals surface area contributed by atoms with E-state index in [2.05, 4.69) is 4.90 Å². The quantitative estimate of drug-likeness (QED) is 0.926. The summed E-state index contributed by atoms with van der Waals surface area (Å²) in [6.45, 7) is 8.10. The van der Waals surface area contributed by atoms with Gasteiger partial charge in [0.25, 0.3) is 0 Å². The number of nitrogens with two attached hydrogens (primary N) is 1. The van der Waals surface area contributed by atoms with Crippen molar-refractivity contribution in [2.24, 2.45) is 5.73 Å². The van der Waals surface area contributed by atoms with Gasteiger partial charge in [0.2, 0.25) is 0 Å². The highest BCUT2D eigenvalue weighted by atomic mass is 19.1. The fourth-order valence-corrected chi connectivity index (χ4v) is 2.90. The number of morpholine rings is 1. The second-order valence-corrected chi connectivity index (χ2v) is 6.15. The van der Waals surface area contributed by atoms with Crippen LogP contribution < -0.4 is 5.73 Å². The van der Waals surface area contributed by atoms with Crippen LogP contribution in [-0.2, 0) is 4.74 Å². The minimum atomic E-state index is -0.585. The Hall–Kier alpha value is -1.04. The number of ether oxygens (including phenoxy) is 1. The number of nitrogens with zero attached hydrogens (tertiary/aromatic N) is 1. The first-order valence-electron chi connectivity index (χ1n) is 6.87. The lowest BCUT2D eigenvalue weighted by Gasteiger charge is -2.42. The minimum absolute atomic E-state index is 0.115. The van der Waals surface area contributed by atoms with Gasteiger partial charge < -0.3 is 10.5 Å². The van der Waals surface area contributed by atoms with E-state index >= 15 is 0 Å². The maximum atomic E-state index is 13.7. The van der Waals surface area contributed by atoms with Crippen LogP contribution in [0.25, 0.3) is 0 Å². The highest BCUT2D eigenvalue weighted by Gasteiger charge is 2.32. The van der Waals surface area contributed by atoms with Crippen LogP contribution in [0, 0.1) is 11.6 Å². The first-order valence-corrected chi connectivity index (χ1v) is 6.87. The molecule has 2 N–H and O–H groups in total. The van der Waals surface area contributed by atoms with E-state index in [1.807, 2.05) is 20.8 Å². The topological polar surface area (TPSA) is 38.5 Å². The lowest BCUT2D eigenvalue weighted by atomic mass is 10.0. The number of hydrogen-bond donors (Lipinski definition) is 1. The van der Waals surface area contributed by atoms with Gasteiger partial charge in [-0.05, 0) is 26.8 Å². The van der Waals surface area contributed by atoms with Crippen molar-refractivity contribution in [2.45, 2.75) is 38.5 Å². The normalized spacial score (nSPS) is 24.6. The molecule has 1 heterocycles. The molecule has 0 saturated carbocycles. The van der Waals surface area contributed by atoms with Crippen molar-refractivity contribution >= 4 is 0 Å². The Balaban J connectivity index is 2.05. The van der Waals surface area contributed by atoms with E-state index < -0.39 is 17.7 Å². The Morgan fingerprint density at radius 1 is 1.45 bits per heavy atom. The van der Waals surface area contributed by atoms with E-state index in [0.29, 0.717) is 12.1 Å². The molecule has 2 unspecified atom stereocenters. The smallest absolute Gasteiger partial charge is 0.130 e.